The van der Waals surface area contributed by atoms with Crippen molar-refractivity contribution in [2.75, 3.05) is 19.6 Å². The van der Waals surface area contributed by atoms with Crippen LogP contribution in [0.5, 0.6) is 0 Å². The number of unbranched alkanes of at least 4 members (excludes halogenated alkanes) is 1. The minimum absolute atomic E-state index is 0.123. The highest BCUT2D eigenvalue weighted by atomic mass is 16.3. The molecular weight excluding hydrogens is 252 g/mol. The van der Waals surface area contributed by atoms with E-state index >= 15 is 0 Å². The van der Waals surface area contributed by atoms with Crippen molar-refractivity contribution < 1.29 is 9.21 Å². The average Bonchev–Trinajstić information content (AvgIpc) is 3.13. The number of nitrogens with zero attached hydrogens (tertiary/aromatic N) is 1. The van der Waals surface area contributed by atoms with E-state index in [1.165, 1.54) is 12.8 Å². The van der Waals surface area contributed by atoms with E-state index < -0.39 is 0 Å². The molecule has 2 heterocycles. The summed E-state index contributed by atoms with van der Waals surface area (Å²) in [6.45, 7) is 6.90. The molecule has 0 spiro atoms. The predicted octanol–water partition coefficient (Wildman–Crippen LogP) is 2.84. The zero-order chi connectivity index (χ0) is 14.4. The first kappa shape index (κ1) is 15.1. The number of hydrogen-bond acceptors (Lipinski definition) is 3. The highest BCUT2D eigenvalue weighted by Gasteiger charge is 2.24. The number of carbonyl (C=O) groups is 1. The minimum Gasteiger partial charge on any atom is -0.469 e. The second-order valence-electron chi connectivity index (χ2n) is 5.51. The Morgan fingerprint density at radius 1 is 1.50 bits per heavy atom. The Balaban J connectivity index is 2.06. The van der Waals surface area contributed by atoms with Crippen molar-refractivity contribution in [3.05, 3.63) is 23.7 Å². The first-order chi connectivity index (χ1) is 9.76. The van der Waals surface area contributed by atoms with Crippen LogP contribution in [0.4, 0.5) is 0 Å². The SMILES string of the molecule is CCCCN(CC1CCCN1)C(=O)c1ccoc1CC. The van der Waals surface area contributed by atoms with E-state index in [1.807, 2.05) is 17.9 Å². The van der Waals surface area contributed by atoms with Crippen molar-refractivity contribution in [3.63, 3.8) is 0 Å². The lowest BCUT2D eigenvalue weighted by atomic mass is 10.1. The summed E-state index contributed by atoms with van der Waals surface area (Å²) in [5.74, 6) is 0.925. The third-order valence-electron chi connectivity index (χ3n) is 3.97. The van der Waals surface area contributed by atoms with Gasteiger partial charge in [0.2, 0.25) is 0 Å². The molecule has 1 amide bonds. The Morgan fingerprint density at radius 2 is 2.35 bits per heavy atom. The number of furan rings is 1. The van der Waals surface area contributed by atoms with Crippen LogP contribution in [0, 0.1) is 0 Å². The van der Waals surface area contributed by atoms with Crippen molar-refractivity contribution in [2.45, 2.75) is 52.0 Å². The molecular formula is C16H26N2O2. The molecule has 1 aromatic rings. The van der Waals surface area contributed by atoms with Crippen LogP contribution in [0.3, 0.4) is 0 Å². The lowest BCUT2D eigenvalue weighted by molar-refractivity contribution is 0.0737. The first-order valence-corrected chi connectivity index (χ1v) is 7.85. The zero-order valence-corrected chi connectivity index (χ0v) is 12.7. The molecule has 1 atom stereocenters. The zero-order valence-electron chi connectivity index (χ0n) is 12.7. The Bertz CT molecular complexity index is 422. The molecule has 0 aromatic carbocycles. The second kappa shape index (κ2) is 7.48. The molecule has 1 aliphatic rings. The van der Waals surface area contributed by atoms with Gasteiger partial charge in [0.25, 0.3) is 5.91 Å². The van der Waals surface area contributed by atoms with E-state index in [2.05, 4.69) is 12.2 Å². The molecule has 1 unspecified atom stereocenters. The molecule has 4 heteroatoms. The van der Waals surface area contributed by atoms with Gasteiger partial charge in [-0.25, -0.2) is 0 Å². The first-order valence-electron chi connectivity index (χ1n) is 7.85. The van der Waals surface area contributed by atoms with Crippen LogP contribution in [0.2, 0.25) is 0 Å². The quantitative estimate of drug-likeness (QED) is 0.834. The van der Waals surface area contributed by atoms with Gasteiger partial charge in [-0.05, 0) is 31.9 Å². The second-order valence-corrected chi connectivity index (χ2v) is 5.51. The van der Waals surface area contributed by atoms with Crippen molar-refractivity contribution in [1.29, 1.82) is 0 Å². The summed E-state index contributed by atoms with van der Waals surface area (Å²) in [5.41, 5.74) is 0.738. The molecule has 0 aliphatic carbocycles. The molecule has 1 aromatic heterocycles. The fraction of sp³-hybridized carbons (Fsp3) is 0.688. The molecule has 1 saturated heterocycles. The van der Waals surface area contributed by atoms with Crippen LogP contribution in [0.1, 0.15) is 55.6 Å². The van der Waals surface area contributed by atoms with Gasteiger partial charge in [-0.15, -0.1) is 0 Å². The molecule has 0 bridgehead atoms. The molecule has 112 valence electrons. The molecule has 4 nitrogen and oxygen atoms in total. The van der Waals surface area contributed by atoms with Crippen LogP contribution < -0.4 is 5.32 Å². The Hall–Kier alpha value is -1.29. The number of aryl methyl sites for hydroxylation is 1. The van der Waals surface area contributed by atoms with E-state index in [-0.39, 0.29) is 5.91 Å². The smallest absolute Gasteiger partial charge is 0.257 e. The lowest BCUT2D eigenvalue weighted by Crippen LogP contribution is -2.41. The van der Waals surface area contributed by atoms with E-state index in [9.17, 15) is 4.79 Å². The number of carbonyl (C=O) groups excluding carboxylic acids is 1. The molecule has 1 N–H and O–H groups in total. The van der Waals surface area contributed by atoms with E-state index in [1.54, 1.807) is 6.26 Å². The Morgan fingerprint density at radius 3 is 3.00 bits per heavy atom. The minimum atomic E-state index is 0.123. The average molecular weight is 278 g/mol. The largest absolute Gasteiger partial charge is 0.469 e. The van der Waals surface area contributed by atoms with Gasteiger partial charge in [0.1, 0.15) is 5.76 Å². The third kappa shape index (κ3) is 3.63. The van der Waals surface area contributed by atoms with Gasteiger partial charge < -0.3 is 14.6 Å². The van der Waals surface area contributed by atoms with E-state index in [0.29, 0.717) is 6.04 Å². The monoisotopic (exact) mass is 278 g/mol. The van der Waals surface area contributed by atoms with Crippen LogP contribution in [0.15, 0.2) is 16.7 Å². The van der Waals surface area contributed by atoms with Gasteiger partial charge in [0, 0.05) is 25.6 Å². The maximum absolute atomic E-state index is 12.7. The van der Waals surface area contributed by atoms with Gasteiger partial charge >= 0.3 is 0 Å². The van der Waals surface area contributed by atoms with E-state index in [0.717, 1.165) is 50.2 Å². The van der Waals surface area contributed by atoms with Crippen molar-refractivity contribution in [3.8, 4) is 0 Å². The fourth-order valence-electron chi connectivity index (χ4n) is 2.78. The van der Waals surface area contributed by atoms with Gasteiger partial charge in [-0.2, -0.15) is 0 Å². The molecule has 1 aliphatic heterocycles. The van der Waals surface area contributed by atoms with Crippen molar-refractivity contribution >= 4 is 5.91 Å². The summed E-state index contributed by atoms with van der Waals surface area (Å²) in [6, 6.07) is 2.26. The van der Waals surface area contributed by atoms with Crippen LogP contribution in [-0.4, -0.2) is 36.5 Å². The fourth-order valence-corrected chi connectivity index (χ4v) is 2.78. The van der Waals surface area contributed by atoms with Gasteiger partial charge in [0.15, 0.2) is 0 Å². The maximum atomic E-state index is 12.7. The van der Waals surface area contributed by atoms with Crippen LogP contribution in [-0.2, 0) is 6.42 Å². The highest BCUT2D eigenvalue weighted by Crippen LogP contribution is 2.16. The topological polar surface area (TPSA) is 45.5 Å². The summed E-state index contributed by atoms with van der Waals surface area (Å²) < 4.78 is 5.40. The maximum Gasteiger partial charge on any atom is 0.257 e. The number of rotatable bonds is 7. The van der Waals surface area contributed by atoms with Crippen molar-refractivity contribution in [2.24, 2.45) is 0 Å². The summed E-state index contributed by atoms with van der Waals surface area (Å²) in [7, 11) is 0. The van der Waals surface area contributed by atoms with Gasteiger partial charge in [-0.3, -0.25) is 4.79 Å². The molecule has 20 heavy (non-hydrogen) atoms. The number of nitrogens with one attached hydrogen (secondary N) is 1. The Kier molecular flexibility index (Phi) is 5.65. The number of amides is 1. The molecule has 1 fully saturated rings. The van der Waals surface area contributed by atoms with Crippen molar-refractivity contribution in [1.82, 2.24) is 10.2 Å². The Labute approximate surface area is 121 Å². The molecule has 0 radical (unpaired) electrons. The normalized spacial score (nSPS) is 18.4. The van der Waals surface area contributed by atoms with E-state index in [4.69, 9.17) is 4.42 Å². The summed E-state index contributed by atoms with van der Waals surface area (Å²) >= 11 is 0. The predicted molar refractivity (Wildman–Crippen MR) is 79.9 cm³/mol. The summed E-state index contributed by atoms with van der Waals surface area (Å²) in [5, 5.41) is 3.47. The molecule has 0 saturated carbocycles. The highest BCUT2D eigenvalue weighted by molar-refractivity contribution is 5.95. The standard InChI is InChI=1S/C16H26N2O2/c1-3-5-10-18(12-13-7-6-9-17-13)16(19)14-8-11-20-15(14)4-2/h8,11,13,17H,3-7,9-10,12H2,1-2H3. The number of hydrogen-bond donors (Lipinski definition) is 1. The molecule has 2 rings (SSSR count). The summed E-state index contributed by atoms with van der Waals surface area (Å²) in [4.78, 5) is 14.7. The van der Waals surface area contributed by atoms with Gasteiger partial charge in [0.05, 0.1) is 11.8 Å². The lowest BCUT2D eigenvalue weighted by Gasteiger charge is -2.25. The van der Waals surface area contributed by atoms with Crippen LogP contribution in [0.25, 0.3) is 0 Å². The summed E-state index contributed by atoms with van der Waals surface area (Å²) in [6.07, 6.45) is 6.93. The van der Waals surface area contributed by atoms with Crippen LogP contribution >= 0.6 is 0 Å². The third-order valence-corrected chi connectivity index (χ3v) is 3.97. The van der Waals surface area contributed by atoms with Gasteiger partial charge in [-0.1, -0.05) is 20.3 Å².